The van der Waals surface area contributed by atoms with Crippen LogP contribution in [0.1, 0.15) is 37.4 Å². The molecule has 0 aromatic carbocycles. The van der Waals surface area contributed by atoms with Crippen LogP contribution in [0.25, 0.3) is 0 Å². The minimum atomic E-state index is -0.552. The van der Waals surface area contributed by atoms with Crippen LogP contribution in [0.15, 0.2) is 9.59 Å². The third-order valence-electron chi connectivity index (χ3n) is 3.88. The Hall–Kier alpha value is -1.89. The van der Waals surface area contributed by atoms with E-state index in [9.17, 15) is 14.4 Å². The second-order valence-electron chi connectivity index (χ2n) is 5.66. The normalized spacial score (nSPS) is 17.6. The molecule has 0 unspecified atom stereocenters. The van der Waals surface area contributed by atoms with Crippen molar-refractivity contribution in [2.75, 3.05) is 19.7 Å². The molecule has 2 heterocycles. The van der Waals surface area contributed by atoms with E-state index < -0.39 is 11.2 Å². The number of aryl methyl sites for hydroxylation is 1. The summed E-state index contributed by atoms with van der Waals surface area (Å²) in [6, 6.07) is 0. The van der Waals surface area contributed by atoms with Crippen LogP contribution in [0.5, 0.6) is 0 Å². The lowest BCUT2D eigenvalue weighted by Gasteiger charge is -2.25. The van der Waals surface area contributed by atoms with Crippen LogP contribution < -0.4 is 11.2 Å². The van der Waals surface area contributed by atoms with Gasteiger partial charge < -0.3 is 14.6 Å². The van der Waals surface area contributed by atoms with Crippen molar-refractivity contribution in [1.82, 2.24) is 14.9 Å². The SMILES string of the molecule is CCCN(C[C@@H]1CCCO1)C(=O)Cc1c(C)[nH]c(=O)[nH]c1=O. The van der Waals surface area contributed by atoms with Crippen LogP contribution in [-0.4, -0.2) is 46.6 Å². The second kappa shape index (κ2) is 7.40. The summed E-state index contributed by atoms with van der Waals surface area (Å²) in [6.07, 6.45) is 2.92. The average molecular weight is 309 g/mol. The van der Waals surface area contributed by atoms with Gasteiger partial charge in [0.2, 0.25) is 5.91 Å². The van der Waals surface area contributed by atoms with Gasteiger partial charge in [-0.15, -0.1) is 0 Å². The van der Waals surface area contributed by atoms with E-state index in [2.05, 4.69) is 9.97 Å². The number of rotatable bonds is 6. The molecule has 0 radical (unpaired) electrons. The van der Waals surface area contributed by atoms with Crippen molar-refractivity contribution in [2.45, 2.75) is 45.6 Å². The molecular weight excluding hydrogens is 286 g/mol. The number of H-pyrrole nitrogens is 2. The Morgan fingerprint density at radius 3 is 2.73 bits per heavy atom. The molecule has 0 bridgehead atoms. The Balaban J connectivity index is 2.10. The monoisotopic (exact) mass is 309 g/mol. The number of carbonyl (C=O) groups is 1. The molecule has 1 atom stereocenters. The maximum absolute atomic E-state index is 12.5. The summed E-state index contributed by atoms with van der Waals surface area (Å²) in [5, 5.41) is 0. The third kappa shape index (κ3) is 4.07. The summed E-state index contributed by atoms with van der Waals surface area (Å²) >= 11 is 0. The van der Waals surface area contributed by atoms with Gasteiger partial charge in [-0.3, -0.25) is 14.6 Å². The lowest BCUT2D eigenvalue weighted by molar-refractivity contribution is -0.132. The summed E-state index contributed by atoms with van der Waals surface area (Å²) in [7, 11) is 0. The van der Waals surface area contributed by atoms with Crippen molar-refractivity contribution in [3.8, 4) is 0 Å². The number of ether oxygens (including phenoxy) is 1. The van der Waals surface area contributed by atoms with Gasteiger partial charge >= 0.3 is 5.69 Å². The lowest BCUT2D eigenvalue weighted by atomic mass is 10.1. The van der Waals surface area contributed by atoms with Gasteiger partial charge in [0, 0.05) is 31.0 Å². The number of amides is 1. The van der Waals surface area contributed by atoms with Crippen molar-refractivity contribution >= 4 is 5.91 Å². The van der Waals surface area contributed by atoms with Gasteiger partial charge in [-0.25, -0.2) is 4.79 Å². The molecule has 0 saturated carbocycles. The number of nitrogens with one attached hydrogen (secondary N) is 2. The number of hydrogen-bond donors (Lipinski definition) is 2. The maximum atomic E-state index is 12.5. The van der Waals surface area contributed by atoms with Gasteiger partial charge in [0.1, 0.15) is 0 Å². The van der Waals surface area contributed by atoms with Crippen LogP contribution in [0.3, 0.4) is 0 Å². The molecule has 0 spiro atoms. The average Bonchev–Trinajstić information content (AvgIpc) is 2.95. The zero-order valence-corrected chi connectivity index (χ0v) is 13.1. The molecule has 1 fully saturated rings. The van der Waals surface area contributed by atoms with E-state index in [1.165, 1.54) is 0 Å². The lowest BCUT2D eigenvalue weighted by Crippen LogP contribution is -2.40. The summed E-state index contributed by atoms with van der Waals surface area (Å²) in [6.45, 7) is 5.58. The van der Waals surface area contributed by atoms with Gasteiger partial charge in [-0.2, -0.15) is 0 Å². The van der Waals surface area contributed by atoms with Crippen LogP contribution >= 0.6 is 0 Å². The third-order valence-corrected chi connectivity index (χ3v) is 3.88. The molecule has 2 N–H and O–H groups in total. The first-order valence-corrected chi connectivity index (χ1v) is 7.72. The van der Waals surface area contributed by atoms with Crippen molar-refractivity contribution in [3.63, 3.8) is 0 Å². The summed E-state index contributed by atoms with van der Waals surface area (Å²) in [4.78, 5) is 42.0. The maximum Gasteiger partial charge on any atom is 0.325 e. The highest BCUT2D eigenvalue weighted by Gasteiger charge is 2.23. The number of nitrogens with zero attached hydrogens (tertiary/aromatic N) is 1. The first-order chi connectivity index (χ1) is 10.5. The van der Waals surface area contributed by atoms with Gasteiger partial charge in [0.15, 0.2) is 0 Å². The molecular formula is C15H23N3O4. The molecule has 1 aromatic rings. The number of aromatic amines is 2. The number of hydrogen-bond acceptors (Lipinski definition) is 4. The fraction of sp³-hybridized carbons (Fsp3) is 0.667. The highest BCUT2D eigenvalue weighted by Crippen LogP contribution is 2.14. The minimum Gasteiger partial charge on any atom is -0.376 e. The molecule has 0 aliphatic carbocycles. The van der Waals surface area contributed by atoms with Gasteiger partial charge in [0.25, 0.3) is 5.56 Å². The topological polar surface area (TPSA) is 95.3 Å². The van der Waals surface area contributed by atoms with Gasteiger partial charge in [-0.05, 0) is 26.2 Å². The smallest absolute Gasteiger partial charge is 0.325 e. The minimum absolute atomic E-state index is 0.00926. The molecule has 2 rings (SSSR count). The highest BCUT2D eigenvalue weighted by molar-refractivity contribution is 5.78. The number of carbonyl (C=O) groups excluding carboxylic acids is 1. The van der Waals surface area contributed by atoms with Crippen LogP contribution in [0.2, 0.25) is 0 Å². The predicted octanol–water partition coefficient (Wildman–Crippen LogP) is 0.332. The largest absolute Gasteiger partial charge is 0.376 e. The first-order valence-electron chi connectivity index (χ1n) is 7.72. The molecule has 1 amide bonds. The van der Waals surface area contributed by atoms with Crippen molar-refractivity contribution < 1.29 is 9.53 Å². The first kappa shape index (κ1) is 16.5. The summed E-state index contributed by atoms with van der Waals surface area (Å²) < 4.78 is 5.58. The van der Waals surface area contributed by atoms with Crippen LogP contribution in [0.4, 0.5) is 0 Å². The molecule has 1 saturated heterocycles. The van der Waals surface area contributed by atoms with Crippen LogP contribution in [0, 0.1) is 6.92 Å². The second-order valence-corrected chi connectivity index (χ2v) is 5.66. The Kier molecular flexibility index (Phi) is 5.54. The van der Waals surface area contributed by atoms with E-state index in [1.807, 2.05) is 6.92 Å². The molecule has 7 nitrogen and oxygen atoms in total. The highest BCUT2D eigenvalue weighted by atomic mass is 16.5. The van der Waals surface area contributed by atoms with Crippen molar-refractivity contribution in [1.29, 1.82) is 0 Å². The molecule has 1 aliphatic rings. The fourth-order valence-electron chi connectivity index (χ4n) is 2.72. The van der Waals surface area contributed by atoms with E-state index >= 15 is 0 Å². The molecule has 1 aliphatic heterocycles. The Morgan fingerprint density at radius 2 is 2.14 bits per heavy atom. The summed E-state index contributed by atoms with van der Waals surface area (Å²) in [5.41, 5.74) is -0.291. The van der Waals surface area contributed by atoms with E-state index in [1.54, 1.807) is 11.8 Å². The van der Waals surface area contributed by atoms with Gasteiger partial charge in [-0.1, -0.05) is 6.92 Å². The zero-order valence-electron chi connectivity index (χ0n) is 13.1. The van der Waals surface area contributed by atoms with E-state index in [0.717, 1.165) is 25.9 Å². The van der Waals surface area contributed by atoms with Crippen molar-refractivity contribution in [2.24, 2.45) is 0 Å². The fourth-order valence-corrected chi connectivity index (χ4v) is 2.72. The van der Waals surface area contributed by atoms with E-state index in [4.69, 9.17) is 4.74 Å². The molecule has 22 heavy (non-hydrogen) atoms. The van der Waals surface area contributed by atoms with Crippen molar-refractivity contribution in [3.05, 3.63) is 32.1 Å². The Morgan fingerprint density at radius 1 is 1.36 bits per heavy atom. The van der Waals surface area contributed by atoms with E-state index in [0.29, 0.717) is 24.3 Å². The van der Waals surface area contributed by atoms with E-state index in [-0.39, 0.29) is 18.4 Å². The standard InChI is InChI=1S/C15H23N3O4/c1-3-6-18(9-11-5-4-7-22-11)13(19)8-12-10(2)16-15(21)17-14(12)20/h11H,3-9H2,1-2H3,(H2,16,17,20,21)/t11-/m0/s1. The Labute approximate surface area is 128 Å². The molecule has 1 aromatic heterocycles. The molecule has 7 heteroatoms. The number of aromatic nitrogens is 2. The summed E-state index contributed by atoms with van der Waals surface area (Å²) in [5.74, 6) is -0.113. The predicted molar refractivity (Wildman–Crippen MR) is 82.0 cm³/mol. The van der Waals surface area contributed by atoms with Crippen LogP contribution in [-0.2, 0) is 16.0 Å². The zero-order chi connectivity index (χ0) is 16.1. The van der Waals surface area contributed by atoms with Gasteiger partial charge in [0.05, 0.1) is 12.5 Å². The Bertz CT molecular complexity index is 628. The molecule has 122 valence electrons. The quantitative estimate of drug-likeness (QED) is 0.791.